The van der Waals surface area contributed by atoms with E-state index >= 15 is 0 Å². The first kappa shape index (κ1) is 24.8. The van der Waals surface area contributed by atoms with Gasteiger partial charge in [-0.2, -0.15) is 0 Å². The second-order valence-electron chi connectivity index (χ2n) is 8.45. The Hall–Kier alpha value is -4.33. The second-order valence-corrected chi connectivity index (χ2v) is 8.45. The smallest absolute Gasteiger partial charge is 0.332 e. The summed E-state index contributed by atoms with van der Waals surface area (Å²) in [4.78, 5) is 42.5. The fourth-order valence-electron chi connectivity index (χ4n) is 4.16. The molecule has 1 fully saturated rings. The van der Waals surface area contributed by atoms with Crippen molar-refractivity contribution in [3.8, 4) is 11.5 Å². The van der Waals surface area contributed by atoms with E-state index in [4.69, 9.17) is 9.47 Å². The molecule has 0 radical (unpaired) electrons. The molecule has 3 aromatic carbocycles. The lowest BCUT2D eigenvalue weighted by Crippen LogP contribution is -2.37. The van der Waals surface area contributed by atoms with Crippen LogP contribution in [0.25, 0.3) is 0 Å². The summed E-state index contributed by atoms with van der Waals surface area (Å²) in [7, 11) is 3.11. The lowest BCUT2D eigenvalue weighted by atomic mass is 10.1. The first-order chi connectivity index (χ1) is 17.4. The molecule has 3 aromatic rings. The third-order valence-electron chi connectivity index (χ3n) is 6.16. The number of urea groups is 1. The van der Waals surface area contributed by atoms with Crippen LogP contribution >= 0.6 is 0 Å². The van der Waals surface area contributed by atoms with Gasteiger partial charge in [0.25, 0.3) is 5.91 Å². The van der Waals surface area contributed by atoms with Gasteiger partial charge in [0.1, 0.15) is 17.5 Å². The van der Waals surface area contributed by atoms with Crippen LogP contribution < -0.4 is 19.7 Å². The Morgan fingerprint density at radius 3 is 2.22 bits per heavy atom. The highest BCUT2D eigenvalue weighted by Crippen LogP contribution is 2.30. The Labute approximate surface area is 210 Å². The summed E-state index contributed by atoms with van der Waals surface area (Å²) in [5, 5.41) is 2.84. The molecule has 1 N–H and O–H groups in total. The molecule has 0 bridgehead atoms. The number of nitrogens with one attached hydrogen (secondary N) is 1. The summed E-state index contributed by atoms with van der Waals surface area (Å²) in [6.45, 7) is 2.21. The van der Waals surface area contributed by atoms with E-state index in [0.29, 0.717) is 22.9 Å². The van der Waals surface area contributed by atoms with E-state index in [2.05, 4.69) is 12.2 Å². The molecule has 4 amide bonds. The number of ether oxygens (including phenoxy) is 2. The number of anilines is 2. The third-order valence-corrected chi connectivity index (χ3v) is 6.16. The van der Waals surface area contributed by atoms with E-state index < -0.39 is 18.0 Å². The fourth-order valence-corrected chi connectivity index (χ4v) is 4.16. The number of benzene rings is 3. The molecule has 0 spiro atoms. The lowest BCUT2D eigenvalue weighted by Gasteiger charge is -2.22. The van der Waals surface area contributed by atoms with Crippen molar-refractivity contribution >= 4 is 29.2 Å². The van der Waals surface area contributed by atoms with Gasteiger partial charge in [-0.15, -0.1) is 0 Å². The molecule has 1 saturated heterocycles. The van der Waals surface area contributed by atoms with Crippen molar-refractivity contribution in [2.75, 3.05) is 24.4 Å². The monoisotopic (exact) mass is 487 g/mol. The number of imide groups is 1. The van der Waals surface area contributed by atoms with Crippen LogP contribution in [0.4, 0.5) is 16.2 Å². The van der Waals surface area contributed by atoms with Crippen LogP contribution in [-0.2, 0) is 22.6 Å². The van der Waals surface area contributed by atoms with Crippen molar-refractivity contribution in [1.29, 1.82) is 0 Å². The summed E-state index contributed by atoms with van der Waals surface area (Å²) in [5.74, 6) is 0.445. The molecule has 1 atom stereocenters. The van der Waals surface area contributed by atoms with E-state index in [1.807, 2.05) is 36.4 Å². The molecule has 0 aromatic heterocycles. The summed E-state index contributed by atoms with van der Waals surface area (Å²) < 4.78 is 10.5. The standard InChI is InChI=1S/C28H29N3O5/c1-4-19-8-10-21(11-9-19)29-26(32)17-25-27(33)31(22-12-14-23(35-2)15-13-22)28(34)30(25)18-20-6-5-7-24(16-20)36-3/h5-16,25H,4,17-18H2,1-3H3,(H,29,32). The number of rotatable bonds is 9. The molecule has 4 rings (SSSR count). The van der Waals surface area contributed by atoms with E-state index in [1.54, 1.807) is 50.6 Å². The minimum absolute atomic E-state index is 0.150. The van der Waals surface area contributed by atoms with Gasteiger partial charge in [-0.1, -0.05) is 31.2 Å². The van der Waals surface area contributed by atoms with Gasteiger partial charge < -0.3 is 19.7 Å². The van der Waals surface area contributed by atoms with Crippen LogP contribution in [0.2, 0.25) is 0 Å². The molecule has 186 valence electrons. The Balaban J connectivity index is 1.59. The Bertz CT molecular complexity index is 1240. The van der Waals surface area contributed by atoms with E-state index in [0.717, 1.165) is 22.4 Å². The summed E-state index contributed by atoms with van der Waals surface area (Å²) in [6.07, 6.45) is 0.726. The van der Waals surface area contributed by atoms with Crippen LogP contribution in [0.15, 0.2) is 72.8 Å². The summed E-state index contributed by atoms with van der Waals surface area (Å²) >= 11 is 0. The molecule has 36 heavy (non-hydrogen) atoms. The largest absolute Gasteiger partial charge is 0.497 e. The normalized spacial score (nSPS) is 15.2. The van der Waals surface area contributed by atoms with Gasteiger partial charge in [-0.05, 0) is 66.1 Å². The maximum Gasteiger partial charge on any atom is 0.332 e. The molecule has 0 aliphatic carbocycles. The quantitative estimate of drug-likeness (QED) is 0.445. The SMILES string of the molecule is CCc1ccc(NC(=O)CC2C(=O)N(c3ccc(OC)cc3)C(=O)N2Cc2cccc(OC)c2)cc1. The number of methoxy groups -OCH3 is 2. The molecule has 1 heterocycles. The molecular formula is C28H29N3O5. The average molecular weight is 488 g/mol. The van der Waals surface area contributed by atoms with Crippen molar-refractivity contribution in [3.05, 3.63) is 83.9 Å². The second kappa shape index (κ2) is 10.9. The number of carbonyl (C=O) groups excluding carboxylic acids is 3. The Morgan fingerprint density at radius 2 is 1.58 bits per heavy atom. The average Bonchev–Trinajstić information content (AvgIpc) is 3.13. The molecule has 8 nitrogen and oxygen atoms in total. The molecular weight excluding hydrogens is 458 g/mol. The number of hydrogen-bond donors (Lipinski definition) is 1. The van der Waals surface area contributed by atoms with Crippen LogP contribution in [0, 0.1) is 0 Å². The third kappa shape index (κ3) is 5.33. The first-order valence-electron chi connectivity index (χ1n) is 11.7. The van der Waals surface area contributed by atoms with E-state index in [1.165, 1.54) is 4.90 Å². The van der Waals surface area contributed by atoms with Gasteiger partial charge in [0.05, 0.1) is 26.3 Å². The van der Waals surface area contributed by atoms with Gasteiger partial charge in [0.2, 0.25) is 5.91 Å². The van der Waals surface area contributed by atoms with Crippen LogP contribution in [0.1, 0.15) is 24.5 Å². The van der Waals surface area contributed by atoms with Crippen molar-refractivity contribution in [1.82, 2.24) is 4.90 Å². The maximum absolute atomic E-state index is 13.5. The molecule has 1 aliphatic heterocycles. The zero-order valence-corrected chi connectivity index (χ0v) is 20.6. The predicted octanol–water partition coefficient (Wildman–Crippen LogP) is 4.63. The first-order valence-corrected chi connectivity index (χ1v) is 11.7. The topological polar surface area (TPSA) is 88.2 Å². The minimum Gasteiger partial charge on any atom is -0.497 e. The number of amides is 4. The highest BCUT2D eigenvalue weighted by molar-refractivity contribution is 6.22. The van der Waals surface area contributed by atoms with Crippen LogP contribution in [0.3, 0.4) is 0 Å². The zero-order valence-electron chi connectivity index (χ0n) is 20.6. The number of aryl methyl sites for hydroxylation is 1. The summed E-state index contributed by atoms with van der Waals surface area (Å²) in [6, 6.07) is 20.0. The van der Waals surface area contributed by atoms with Gasteiger partial charge >= 0.3 is 6.03 Å². The fraction of sp³-hybridized carbons (Fsp3) is 0.250. The van der Waals surface area contributed by atoms with Crippen molar-refractivity contribution < 1.29 is 23.9 Å². The molecule has 1 unspecified atom stereocenters. The van der Waals surface area contributed by atoms with Crippen molar-refractivity contribution in [2.24, 2.45) is 0 Å². The van der Waals surface area contributed by atoms with Crippen molar-refractivity contribution in [3.63, 3.8) is 0 Å². The van der Waals surface area contributed by atoms with Crippen molar-refractivity contribution in [2.45, 2.75) is 32.4 Å². The number of hydrogen-bond acceptors (Lipinski definition) is 5. The minimum atomic E-state index is -0.958. The van der Waals surface area contributed by atoms with Gasteiger partial charge in [0, 0.05) is 12.2 Å². The van der Waals surface area contributed by atoms with Gasteiger partial charge in [-0.25, -0.2) is 9.69 Å². The Morgan fingerprint density at radius 1 is 0.889 bits per heavy atom. The number of carbonyl (C=O) groups is 3. The maximum atomic E-state index is 13.5. The Kier molecular flexibility index (Phi) is 7.53. The highest BCUT2D eigenvalue weighted by atomic mass is 16.5. The highest BCUT2D eigenvalue weighted by Gasteiger charge is 2.46. The van der Waals surface area contributed by atoms with Gasteiger partial charge in [0.15, 0.2) is 0 Å². The van der Waals surface area contributed by atoms with E-state index in [9.17, 15) is 14.4 Å². The van der Waals surface area contributed by atoms with Gasteiger partial charge in [-0.3, -0.25) is 9.59 Å². The predicted molar refractivity (Wildman–Crippen MR) is 137 cm³/mol. The lowest BCUT2D eigenvalue weighted by molar-refractivity contribution is -0.124. The van der Waals surface area contributed by atoms with E-state index in [-0.39, 0.29) is 18.9 Å². The number of nitrogens with zero attached hydrogens (tertiary/aromatic N) is 2. The molecule has 1 aliphatic rings. The summed E-state index contributed by atoms with van der Waals surface area (Å²) in [5.41, 5.74) is 3.00. The van der Waals surface area contributed by atoms with Crippen LogP contribution in [0.5, 0.6) is 11.5 Å². The van der Waals surface area contributed by atoms with Crippen LogP contribution in [-0.4, -0.2) is 43.0 Å². The molecule has 0 saturated carbocycles. The zero-order chi connectivity index (χ0) is 25.7. The molecule has 8 heteroatoms.